The second kappa shape index (κ2) is 12.0. The predicted molar refractivity (Wildman–Crippen MR) is 208 cm³/mol. The van der Waals surface area contributed by atoms with E-state index in [0.717, 1.165) is 17.1 Å². The van der Waals surface area contributed by atoms with Gasteiger partial charge in [0.25, 0.3) is 0 Å². The first-order chi connectivity index (χ1) is 23.8. The third kappa shape index (κ3) is 5.04. The number of fused-ring (bicyclic) bond motifs is 4. The maximum atomic E-state index is 2.40. The highest BCUT2D eigenvalue weighted by molar-refractivity contribution is 7.26. The smallest absolute Gasteiger partial charge is 0.0475 e. The lowest BCUT2D eigenvalue weighted by Crippen LogP contribution is -2.10. The molecule has 48 heavy (non-hydrogen) atoms. The summed E-state index contributed by atoms with van der Waals surface area (Å²) in [7, 11) is 0. The highest BCUT2D eigenvalue weighted by Crippen LogP contribution is 2.46. The molecule has 0 aliphatic rings. The first-order valence-corrected chi connectivity index (χ1v) is 17.2. The molecule has 8 aromatic carbocycles. The Morgan fingerprint density at radius 3 is 1.60 bits per heavy atom. The summed E-state index contributed by atoms with van der Waals surface area (Å²) >= 11 is 1.88. The minimum atomic E-state index is 1.12. The number of rotatable bonds is 6. The summed E-state index contributed by atoms with van der Waals surface area (Å²) in [5.74, 6) is 0. The van der Waals surface area contributed by atoms with Crippen LogP contribution in [0.15, 0.2) is 188 Å². The molecule has 1 heterocycles. The largest absolute Gasteiger partial charge is 0.310 e. The fourth-order valence-electron chi connectivity index (χ4n) is 6.92. The van der Waals surface area contributed by atoms with E-state index in [1.54, 1.807) is 0 Å². The van der Waals surface area contributed by atoms with Crippen molar-refractivity contribution in [1.82, 2.24) is 0 Å². The standard InChI is InChI=1S/C46H31NS/c1-3-12-32(13-4-1)33-22-26-37(27-23-33)47(38-28-24-36(25-29-38)41-20-11-17-34-16-7-8-18-40(34)41)39-30-43(35-14-5-2-6-15-35)46-44(31-39)42-19-9-10-21-45(42)48-46/h1-31H. The first-order valence-electron chi connectivity index (χ1n) is 16.3. The van der Waals surface area contributed by atoms with Crippen LogP contribution in [0.1, 0.15) is 0 Å². The van der Waals surface area contributed by atoms with Gasteiger partial charge in [0.05, 0.1) is 0 Å². The summed E-state index contributed by atoms with van der Waals surface area (Å²) in [6.45, 7) is 0. The molecule has 0 unspecified atom stereocenters. The minimum Gasteiger partial charge on any atom is -0.310 e. The number of hydrogen-bond donors (Lipinski definition) is 0. The number of benzene rings is 8. The lowest BCUT2D eigenvalue weighted by Gasteiger charge is -2.27. The number of thiophene rings is 1. The van der Waals surface area contributed by atoms with Crippen molar-refractivity contribution in [3.63, 3.8) is 0 Å². The van der Waals surface area contributed by atoms with E-state index in [2.05, 4.69) is 193 Å². The van der Waals surface area contributed by atoms with Crippen molar-refractivity contribution in [2.75, 3.05) is 4.90 Å². The van der Waals surface area contributed by atoms with Crippen molar-refractivity contribution in [2.24, 2.45) is 0 Å². The molecule has 0 spiro atoms. The molecule has 0 fully saturated rings. The zero-order chi connectivity index (χ0) is 31.9. The van der Waals surface area contributed by atoms with Gasteiger partial charge in [0.1, 0.15) is 0 Å². The van der Waals surface area contributed by atoms with Crippen molar-refractivity contribution in [2.45, 2.75) is 0 Å². The third-order valence-electron chi connectivity index (χ3n) is 9.26. The Morgan fingerprint density at radius 2 is 0.875 bits per heavy atom. The van der Waals surface area contributed by atoms with Crippen LogP contribution in [-0.2, 0) is 0 Å². The molecule has 0 saturated heterocycles. The van der Waals surface area contributed by atoms with Crippen LogP contribution in [0, 0.1) is 0 Å². The van der Waals surface area contributed by atoms with Gasteiger partial charge >= 0.3 is 0 Å². The van der Waals surface area contributed by atoms with Crippen LogP contribution in [0.4, 0.5) is 17.1 Å². The van der Waals surface area contributed by atoms with Crippen LogP contribution in [-0.4, -0.2) is 0 Å². The van der Waals surface area contributed by atoms with Gasteiger partial charge in [0, 0.05) is 42.8 Å². The van der Waals surface area contributed by atoms with Crippen LogP contribution in [0.5, 0.6) is 0 Å². The zero-order valence-electron chi connectivity index (χ0n) is 26.3. The van der Waals surface area contributed by atoms with E-state index < -0.39 is 0 Å². The van der Waals surface area contributed by atoms with E-state index in [0.29, 0.717) is 0 Å². The second-order valence-corrected chi connectivity index (χ2v) is 13.2. The molecule has 9 rings (SSSR count). The molecule has 0 bridgehead atoms. The van der Waals surface area contributed by atoms with Gasteiger partial charge in [-0.2, -0.15) is 0 Å². The predicted octanol–water partition coefficient (Wildman–Crippen LogP) is 13.7. The number of nitrogens with zero attached hydrogens (tertiary/aromatic N) is 1. The van der Waals surface area contributed by atoms with E-state index in [9.17, 15) is 0 Å². The molecule has 9 aromatic rings. The van der Waals surface area contributed by atoms with Gasteiger partial charge in [0.15, 0.2) is 0 Å². The zero-order valence-corrected chi connectivity index (χ0v) is 27.1. The SMILES string of the molecule is c1ccc(-c2ccc(N(c3ccc(-c4cccc5ccccc45)cc3)c3cc(-c4ccccc4)c4sc5ccccc5c4c3)cc2)cc1. The fourth-order valence-corrected chi connectivity index (χ4v) is 8.14. The molecule has 0 atom stereocenters. The van der Waals surface area contributed by atoms with Crippen LogP contribution < -0.4 is 4.90 Å². The van der Waals surface area contributed by atoms with Crippen molar-refractivity contribution in [3.8, 4) is 33.4 Å². The minimum absolute atomic E-state index is 1.12. The maximum absolute atomic E-state index is 2.40. The molecular formula is C46H31NS. The van der Waals surface area contributed by atoms with Crippen LogP contribution in [0.3, 0.4) is 0 Å². The summed E-state index contributed by atoms with van der Waals surface area (Å²) in [4.78, 5) is 2.40. The number of anilines is 3. The van der Waals surface area contributed by atoms with Gasteiger partial charge in [-0.05, 0) is 81.1 Å². The highest BCUT2D eigenvalue weighted by Gasteiger charge is 2.19. The van der Waals surface area contributed by atoms with Gasteiger partial charge in [-0.25, -0.2) is 0 Å². The van der Waals surface area contributed by atoms with Crippen molar-refractivity contribution < 1.29 is 0 Å². The maximum Gasteiger partial charge on any atom is 0.0475 e. The highest BCUT2D eigenvalue weighted by atomic mass is 32.1. The molecular weight excluding hydrogens is 599 g/mol. The normalized spacial score (nSPS) is 11.3. The summed E-state index contributed by atoms with van der Waals surface area (Å²) in [5.41, 5.74) is 10.7. The van der Waals surface area contributed by atoms with Crippen molar-refractivity contribution >= 4 is 59.3 Å². The molecule has 226 valence electrons. The molecule has 1 nitrogen and oxygen atoms in total. The lowest BCUT2D eigenvalue weighted by atomic mass is 9.97. The summed E-state index contributed by atoms with van der Waals surface area (Å²) in [6.07, 6.45) is 0. The molecule has 0 aliphatic heterocycles. The van der Waals surface area contributed by atoms with Gasteiger partial charge in [0.2, 0.25) is 0 Å². The Morgan fingerprint density at radius 1 is 0.333 bits per heavy atom. The molecule has 1 aromatic heterocycles. The Balaban J connectivity index is 1.24. The first kappa shape index (κ1) is 28.3. The van der Waals surface area contributed by atoms with Gasteiger partial charge in [-0.15, -0.1) is 11.3 Å². The summed E-state index contributed by atoms with van der Waals surface area (Å²) in [6, 6.07) is 68.1. The molecule has 0 N–H and O–H groups in total. The topological polar surface area (TPSA) is 3.24 Å². The van der Waals surface area contributed by atoms with Gasteiger partial charge in [-0.3, -0.25) is 0 Å². The molecule has 0 aliphatic carbocycles. The Bertz CT molecular complexity index is 2530. The van der Waals surface area contributed by atoms with Gasteiger partial charge < -0.3 is 4.90 Å². The summed E-state index contributed by atoms with van der Waals surface area (Å²) in [5, 5.41) is 5.10. The van der Waals surface area contributed by atoms with E-state index >= 15 is 0 Å². The fraction of sp³-hybridized carbons (Fsp3) is 0. The molecule has 0 saturated carbocycles. The molecule has 0 radical (unpaired) electrons. The lowest BCUT2D eigenvalue weighted by molar-refractivity contribution is 1.29. The monoisotopic (exact) mass is 629 g/mol. The molecule has 0 amide bonds. The Labute approximate surface area is 284 Å². The second-order valence-electron chi connectivity index (χ2n) is 12.2. The van der Waals surface area contributed by atoms with Gasteiger partial charge in [-0.1, -0.05) is 146 Å². The average molecular weight is 630 g/mol. The van der Waals surface area contributed by atoms with Crippen LogP contribution in [0.25, 0.3) is 64.3 Å². The van der Waals surface area contributed by atoms with Crippen molar-refractivity contribution in [1.29, 1.82) is 0 Å². The third-order valence-corrected chi connectivity index (χ3v) is 10.5. The van der Waals surface area contributed by atoms with E-state index in [1.165, 1.54) is 64.3 Å². The van der Waals surface area contributed by atoms with E-state index in [-0.39, 0.29) is 0 Å². The Hall–Kier alpha value is -5.96. The average Bonchev–Trinajstić information content (AvgIpc) is 3.54. The molecule has 2 heteroatoms. The van der Waals surface area contributed by atoms with E-state index in [4.69, 9.17) is 0 Å². The quantitative estimate of drug-likeness (QED) is 0.177. The van der Waals surface area contributed by atoms with Crippen molar-refractivity contribution in [3.05, 3.63) is 188 Å². The van der Waals surface area contributed by atoms with Crippen LogP contribution in [0.2, 0.25) is 0 Å². The van der Waals surface area contributed by atoms with E-state index in [1.807, 2.05) is 11.3 Å². The summed E-state index contributed by atoms with van der Waals surface area (Å²) < 4.78 is 2.62. The Kier molecular flexibility index (Phi) is 7.07. The number of hydrogen-bond acceptors (Lipinski definition) is 2. The van der Waals surface area contributed by atoms with Crippen LogP contribution >= 0.6 is 11.3 Å².